The Labute approximate surface area is 136 Å². The fraction of sp³-hybridized carbons (Fsp3) is 0.167. The van der Waals surface area contributed by atoms with Crippen LogP contribution >= 0.6 is 15.9 Å². The number of hydrogen-bond donors (Lipinski definition) is 0. The lowest BCUT2D eigenvalue weighted by atomic mass is 10.2. The molecule has 1 aromatic heterocycles. The summed E-state index contributed by atoms with van der Waals surface area (Å²) < 4.78 is 63.1. The monoisotopic (exact) mass is 412 g/mol. The van der Waals surface area contributed by atoms with E-state index in [2.05, 4.69) is 25.1 Å². The minimum atomic E-state index is -5.90. The Hall–Kier alpha value is -1.88. The normalized spacial score (nSPS) is 12.2. The summed E-state index contributed by atoms with van der Waals surface area (Å²) in [6.45, 7) is 0.109. The second-order valence-corrected chi connectivity index (χ2v) is 6.60. The van der Waals surface area contributed by atoms with E-state index < -0.39 is 31.5 Å². The van der Waals surface area contributed by atoms with Crippen molar-refractivity contribution in [2.24, 2.45) is 0 Å². The molecule has 1 heterocycles. The van der Waals surface area contributed by atoms with Gasteiger partial charge in [0, 0.05) is 0 Å². The number of aromatic nitrogens is 2. The lowest BCUT2D eigenvalue weighted by molar-refractivity contribution is -0.0501. The Morgan fingerprint density at radius 1 is 1.22 bits per heavy atom. The van der Waals surface area contributed by atoms with Gasteiger partial charge in [-0.1, -0.05) is 30.3 Å². The lowest BCUT2D eigenvalue weighted by Crippen LogP contribution is -2.30. The maximum absolute atomic E-state index is 12.3. The molecular formula is C12H8BrF3N2O4S. The number of alkyl halides is 3. The average molecular weight is 413 g/mol. The standard InChI is InChI=1S/C12H8BrF3N2O4S/c13-9-10(22-23(20,21)12(14,15)16)17-7-18(11(9)19)6-8-4-2-1-3-5-8/h1-5,7H,6H2. The van der Waals surface area contributed by atoms with E-state index in [0.29, 0.717) is 0 Å². The van der Waals surface area contributed by atoms with Crippen LogP contribution in [-0.4, -0.2) is 23.5 Å². The lowest BCUT2D eigenvalue weighted by Gasteiger charge is -2.11. The van der Waals surface area contributed by atoms with Gasteiger partial charge >= 0.3 is 15.6 Å². The molecule has 0 amide bonds. The van der Waals surface area contributed by atoms with Crippen molar-refractivity contribution in [1.82, 2.24) is 9.55 Å². The first-order chi connectivity index (χ1) is 10.6. The maximum Gasteiger partial charge on any atom is 0.534 e. The molecule has 0 N–H and O–H groups in total. The Bertz CT molecular complexity index is 866. The zero-order chi connectivity index (χ0) is 17.3. The van der Waals surface area contributed by atoms with Crippen molar-refractivity contribution in [3.8, 4) is 5.88 Å². The van der Waals surface area contributed by atoms with Gasteiger partial charge in [0.2, 0.25) is 0 Å². The van der Waals surface area contributed by atoms with Crippen molar-refractivity contribution in [3.63, 3.8) is 0 Å². The van der Waals surface area contributed by atoms with Crippen molar-refractivity contribution in [1.29, 1.82) is 0 Å². The Morgan fingerprint density at radius 3 is 2.39 bits per heavy atom. The van der Waals surface area contributed by atoms with Gasteiger partial charge in [0.1, 0.15) is 10.8 Å². The van der Waals surface area contributed by atoms with Gasteiger partial charge in [-0.15, -0.1) is 0 Å². The molecule has 0 radical (unpaired) electrons. The number of nitrogens with zero attached hydrogens (tertiary/aromatic N) is 2. The van der Waals surface area contributed by atoms with E-state index in [1.807, 2.05) is 0 Å². The van der Waals surface area contributed by atoms with Crippen LogP contribution in [0.5, 0.6) is 5.88 Å². The largest absolute Gasteiger partial charge is 0.534 e. The summed E-state index contributed by atoms with van der Waals surface area (Å²) in [7, 11) is -5.90. The molecule has 0 bridgehead atoms. The van der Waals surface area contributed by atoms with Gasteiger partial charge in [-0.05, 0) is 21.5 Å². The summed E-state index contributed by atoms with van der Waals surface area (Å²) in [5, 5.41) is 0. The molecule has 0 unspecified atom stereocenters. The van der Waals surface area contributed by atoms with Crippen molar-refractivity contribution in [3.05, 3.63) is 57.0 Å². The Balaban J connectivity index is 2.34. The highest BCUT2D eigenvalue weighted by molar-refractivity contribution is 9.10. The molecule has 0 saturated carbocycles. The molecule has 0 aliphatic heterocycles. The van der Waals surface area contributed by atoms with Crippen LogP contribution in [0.15, 0.2) is 45.9 Å². The second-order valence-electron chi connectivity index (χ2n) is 4.27. The molecule has 124 valence electrons. The molecular weight excluding hydrogens is 405 g/mol. The van der Waals surface area contributed by atoms with Crippen molar-refractivity contribution in [2.45, 2.75) is 12.1 Å². The Kier molecular flexibility index (Phi) is 4.80. The zero-order valence-electron chi connectivity index (χ0n) is 11.1. The highest BCUT2D eigenvalue weighted by Crippen LogP contribution is 2.28. The molecule has 0 atom stereocenters. The summed E-state index contributed by atoms with van der Waals surface area (Å²) >= 11 is 2.71. The van der Waals surface area contributed by atoms with Gasteiger partial charge in [0.15, 0.2) is 0 Å². The molecule has 0 spiro atoms. The van der Waals surface area contributed by atoms with Gasteiger partial charge in [-0.3, -0.25) is 9.36 Å². The predicted molar refractivity (Wildman–Crippen MR) is 77.3 cm³/mol. The third kappa shape index (κ3) is 3.91. The number of hydrogen-bond acceptors (Lipinski definition) is 5. The fourth-order valence-electron chi connectivity index (χ4n) is 1.55. The van der Waals surface area contributed by atoms with Crippen molar-refractivity contribution < 1.29 is 25.8 Å². The van der Waals surface area contributed by atoms with Crippen LogP contribution in [0.4, 0.5) is 13.2 Å². The van der Waals surface area contributed by atoms with E-state index in [9.17, 15) is 26.4 Å². The maximum atomic E-state index is 12.3. The third-order valence-corrected chi connectivity index (χ3v) is 4.24. The van der Waals surface area contributed by atoms with Crippen LogP contribution in [0.3, 0.4) is 0 Å². The van der Waals surface area contributed by atoms with Crippen LogP contribution in [-0.2, 0) is 16.7 Å². The van der Waals surface area contributed by atoms with Crippen LogP contribution in [0, 0.1) is 0 Å². The quantitative estimate of drug-likeness (QED) is 0.568. The van der Waals surface area contributed by atoms with E-state index in [1.165, 1.54) is 0 Å². The zero-order valence-corrected chi connectivity index (χ0v) is 13.5. The van der Waals surface area contributed by atoms with E-state index in [1.54, 1.807) is 30.3 Å². The molecule has 11 heteroatoms. The van der Waals surface area contributed by atoms with Gasteiger partial charge in [0.25, 0.3) is 11.4 Å². The molecule has 2 rings (SSSR count). The summed E-state index contributed by atoms with van der Waals surface area (Å²) in [5.41, 5.74) is -5.65. The topological polar surface area (TPSA) is 78.3 Å². The average Bonchev–Trinajstić information content (AvgIpc) is 2.47. The number of halogens is 4. The highest BCUT2D eigenvalue weighted by atomic mass is 79.9. The minimum absolute atomic E-state index is 0.109. The van der Waals surface area contributed by atoms with E-state index in [-0.39, 0.29) is 6.54 Å². The van der Waals surface area contributed by atoms with Crippen LogP contribution in [0.1, 0.15) is 5.56 Å². The molecule has 2 aromatic rings. The van der Waals surface area contributed by atoms with Crippen molar-refractivity contribution >= 4 is 26.0 Å². The molecule has 6 nitrogen and oxygen atoms in total. The van der Waals surface area contributed by atoms with Crippen LogP contribution in [0.2, 0.25) is 0 Å². The smallest absolute Gasteiger partial charge is 0.354 e. The first kappa shape index (κ1) is 17.5. The van der Waals surface area contributed by atoms with Gasteiger partial charge in [-0.2, -0.15) is 21.6 Å². The summed E-state index contributed by atoms with van der Waals surface area (Å²) in [6.07, 6.45) is 0.904. The first-order valence-electron chi connectivity index (χ1n) is 5.91. The summed E-state index contributed by atoms with van der Waals surface area (Å²) in [4.78, 5) is 15.5. The van der Waals surface area contributed by atoms with E-state index >= 15 is 0 Å². The van der Waals surface area contributed by atoms with Gasteiger partial charge in [-0.25, -0.2) is 4.98 Å². The Morgan fingerprint density at radius 2 is 1.83 bits per heavy atom. The van der Waals surface area contributed by atoms with Gasteiger partial charge in [0.05, 0.1) is 6.54 Å². The van der Waals surface area contributed by atoms with Crippen LogP contribution in [0.25, 0.3) is 0 Å². The van der Waals surface area contributed by atoms with Crippen LogP contribution < -0.4 is 9.74 Å². The molecule has 0 aliphatic carbocycles. The highest BCUT2D eigenvalue weighted by Gasteiger charge is 2.49. The minimum Gasteiger partial charge on any atom is -0.354 e. The van der Waals surface area contributed by atoms with E-state index in [0.717, 1.165) is 16.5 Å². The second kappa shape index (κ2) is 6.32. The summed E-state index contributed by atoms with van der Waals surface area (Å²) in [6, 6.07) is 8.74. The first-order valence-corrected chi connectivity index (χ1v) is 8.11. The fourth-order valence-corrected chi connectivity index (χ4v) is 2.50. The van der Waals surface area contributed by atoms with Gasteiger partial charge < -0.3 is 4.18 Å². The molecule has 1 aromatic carbocycles. The molecule has 0 fully saturated rings. The predicted octanol–water partition coefficient (Wildman–Crippen LogP) is 2.28. The van der Waals surface area contributed by atoms with E-state index in [4.69, 9.17) is 0 Å². The SMILES string of the molecule is O=c1c(Br)c(OS(=O)(=O)C(F)(F)F)ncn1Cc1ccccc1. The third-order valence-electron chi connectivity index (χ3n) is 2.62. The number of rotatable bonds is 4. The molecule has 23 heavy (non-hydrogen) atoms. The molecule has 0 saturated heterocycles. The summed E-state index contributed by atoms with van der Waals surface area (Å²) in [5.74, 6) is -0.975. The van der Waals surface area contributed by atoms with Crippen molar-refractivity contribution in [2.75, 3.05) is 0 Å². The number of benzene rings is 1. The molecule has 0 aliphatic rings.